The van der Waals surface area contributed by atoms with Crippen molar-refractivity contribution in [1.29, 1.82) is 0 Å². The van der Waals surface area contributed by atoms with E-state index in [1.54, 1.807) is 7.11 Å². The van der Waals surface area contributed by atoms with E-state index in [0.29, 0.717) is 0 Å². The third-order valence-electron chi connectivity index (χ3n) is 6.85. The predicted octanol–water partition coefficient (Wildman–Crippen LogP) is 3.32. The third kappa shape index (κ3) is 3.38. The number of amides is 1. The zero-order chi connectivity index (χ0) is 20.7. The second-order valence-corrected chi connectivity index (χ2v) is 8.52. The molecule has 158 valence electrons. The van der Waals surface area contributed by atoms with E-state index in [4.69, 9.17) is 4.74 Å². The Morgan fingerprint density at radius 2 is 1.80 bits per heavy atom. The topological polar surface area (TPSA) is 36.0 Å². The Labute approximate surface area is 177 Å². The maximum atomic E-state index is 13.5. The summed E-state index contributed by atoms with van der Waals surface area (Å²) in [5.74, 6) is 0.841. The Morgan fingerprint density at radius 3 is 2.53 bits per heavy atom. The molecule has 5 rings (SSSR count). The molecule has 0 spiro atoms. The highest BCUT2D eigenvalue weighted by atomic mass is 19.1. The standard InChI is InChI=1S/C24H28FN3O2/c1-30-20-9-4-17-14-21(24(29)26-10-2-3-11-26)23-16-27(12-13-28(23)22(17)15-20)19-7-5-18(25)6-8-19/h4-9,15,21,23H,2-3,10-14,16H2,1H3/t21-,23-/m0/s1. The lowest BCUT2D eigenvalue weighted by Gasteiger charge is -2.50. The van der Waals surface area contributed by atoms with Gasteiger partial charge in [0.1, 0.15) is 11.6 Å². The summed E-state index contributed by atoms with van der Waals surface area (Å²) in [5, 5.41) is 0. The van der Waals surface area contributed by atoms with E-state index >= 15 is 0 Å². The van der Waals surface area contributed by atoms with Crippen molar-refractivity contribution in [2.24, 2.45) is 5.92 Å². The van der Waals surface area contributed by atoms with E-state index in [9.17, 15) is 9.18 Å². The minimum absolute atomic E-state index is 0.0627. The molecule has 0 N–H and O–H groups in total. The van der Waals surface area contributed by atoms with Crippen LogP contribution in [0.2, 0.25) is 0 Å². The Hall–Kier alpha value is -2.76. The monoisotopic (exact) mass is 409 g/mol. The quantitative estimate of drug-likeness (QED) is 0.779. The summed E-state index contributed by atoms with van der Waals surface area (Å²) >= 11 is 0. The fraction of sp³-hybridized carbons (Fsp3) is 0.458. The van der Waals surface area contributed by atoms with E-state index in [0.717, 1.165) is 63.4 Å². The van der Waals surface area contributed by atoms with E-state index in [2.05, 4.69) is 21.9 Å². The first-order valence-electron chi connectivity index (χ1n) is 10.9. The largest absolute Gasteiger partial charge is 0.497 e. The van der Waals surface area contributed by atoms with Gasteiger partial charge in [-0.1, -0.05) is 6.07 Å². The van der Waals surface area contributed by atoms with Gasteiger partial charge in [0, 0.05) is 50.2 Å². The van der Waals surface area contributed by atoms with Crippen LogP contribution < -0.4 is 14.5 Å². The number of anilines is 2. The summed E-state index contributed by atoms with van der Waals surface area (Å²) in [6.07, 6.45) is 2.96. The maximum absolute atomic E-state index is 13.5. The highest BCUT2D eigenvalue weighted by Gasteiger charge is 2.43. The Morgan fingerprint density at radius 1 is 1.03 bits per heavy atom. The van der Waals surface area contributed by atoms with Gasteiger partial charge in [-0.05, 0) is 55.2 Å². The number of hydrogen-bond acceptors (Lipinski definition) is 4. The molecule has 3 heterocycles. The first-order valence-corrected chi connectivity index (χ1v) is 10.9. The van der Waals surface area contributed by atoms with Crippen LogP contribution in [0.3, 0.4) is 0 Å². The Balaban J connectivity index is 1.48. The molecule has 1 amide bonds. The predicted molar refractivity (Wildman–Crippen MR) is 116 cm³/mol. The minimum Gasteiger partial charge on any atom is -0.497 e. The number of ether oxygens (including phenoxy) is 1. The molecular weight excluding hydrogens is 381 g/mol. The van der Waals surface area contributed by atoms with Crippen LogP contribution in [-0.4, -0.2) is 56.7 Å². The number of fused-ring (bicyclic) bond motifs is 3. The van der Waals surface area contributed by atoms with Gasteiger partial charge >= 0.3 is 0 Å². The average molecular weight is 410 g/mol. The summed E-state index contributed by atoms with van der Waals surface area (Å²) < 4.78 is 18.9. The van der Waals surface area contributed by atoms with Crippen molar-refractivity contribution in [3.05, 3.63) is 53.8 Å². The van der Waals surface area contributed by atoms with Gasteiger partial charge < -0.3 is 19.4 Å². The number of methoxy groups -OCH3 is 1. The maximum Gasteiger partial charge on any atom is 0.228 e. The van der Waals surface area contributed by atoms with Crippen LogP contribution in [0.1, 0.15) is 18.4 Å². The molecule has 0 aliphatic carbocycles. The van der Waals surface area contributed by atoms with Gasteiger partial charge in [0.2, 0.25) is 5.91 Å². The number of nitrogens with zero attached hydrogens (tertiary/aromatic N) is 3. The van der Waals surface area contributed by atoms with Crippen molar-refractivity contribution >= 4 is 17.3 Å². The fourth-order valence-corrected chi connectivity index (χ4v) is 5.25. The molecule has 0 aromatic heterocycles. The summed E-state index contributed by atoms with van der Waals surface area (Å²) in [6.45, 7) is 4.17. The van der Waals surface area contributed by atoms with E-state index in [1.165, 1.54) is 23.4 Å². The smallest absolute Gasteiger partial charge is 0.228 e. The van der Waals surface area contributed by atoms with Crippen LogP contribution in [0.15, 0.2) is 42.5 Å². The lowest BCUT2D eigenvalue weighted by Crippen LogP contribution is -2.61. The van der Waals surface area contributed by atoms with Gasteiger partial charge in [0.05, 0.1) is 19.1 Å². The summed E-state index contributed by atoms with van der Waals surface area (Å²) in [4.78, 5) is 20.2. The number of hydrogen-bond donors (Lipinski definition) is 0. The molecule has 30 heavy (non-hydrogen) atoms. The van der Waals surface area contributed by atoms with Crippen molar-refractivity contribution < 1.29 is 13.9 Å². The molecule has 2 aromatic carbocycles. The number of likely N-dealkylation sites (tertiary alicyclic amines) is 1. The molecular formula is C24H28FN3O2. The number of benzene rings is 2. The van der Waals surface area contributed by atoms with Crippen LogP contribution in [0.4, 0.5) is 15.8 Å². The van der Waals surface area contributed by atoms with Crippen molar-refractivity contribution in [3.63, 3.8) is 0 Å². The molecule has 3 aliphatic heterocycles. The summed E-state index contributed by atoms with van der Waals surface area (Å²) in [5.41, 5.74) is 3.42. The molecule has 2 atom stereocenters. The van der Waals surface area contributed by atoms with Crippen LogP contribution >= 0.6 is 0 Å². The lowest BCUT2D eigenvalue weighted by molar-refractivity contribution is -0.135. The summed E-state index contributed by atoms with van der Waals surface area (Å²) in [7, 11) is 1.69. The SMILES string of the molecule is COc1ccc2c(c1)N1CCN(c3ccc(F)cc3)C[C@H]1[C@@H](C(=O)N1CCCC1)C2. The Bertz CT molecular complexity index is 927. The molecule has 2 saturated heterocycles. The van der Waals surface area contributed by atoms with E-state index < -0.39 is 0 Å². The van der Waals surface area contributed by atoms with Gasteiger partial charge in [-0.25, -0.2) is 4.39 Å². The van der Waals surface area contributed by atoms with E-state index in [-0.39, 0.29) is 23.7 Å². The molecule has 0 saturated carbocycles. The van der Waals surface area contributed by atoms with Gasteiger partial charge in [-0.3, -0.25) is 4.79 Å². The highest BCUT2D eigenvalue weighted by molar-refractivity contribution is 5.83. The summed E-state index contributed by atoms with van der Waals surface area (Å²) in [6, 6.07) is 13.0. The average Bonchev–Trinajstić information content (AvgIpc) is 3.33. The zero-order valence-corrected chi connectivity index (χ0v) is 17.4. The Kier molecular flexibility index (Phi) is 5.01. The minimum atomic E-state index is -0.224. The van der Waals surface area contributed by atoms with E-state index in [1.807, 2.05) is 23.1 Å². The van der Waals surface area contributed by atoms with Gasteiger partial charge in [-0.15, -0.1) is 0 Å². The van der Waals surface area contributed by atoms with Gasteiger partial charge in [-0.2, -0.15) is 0 Å². The van der Waals surface area contributed by atoms with Crippen molar-refractivity contribution in [2.45, 2.75) is 25.3 Å². The number of rotatable bonds is 3. The molecule has 0 radical (unpaired) electrons. The number of carbonyl (C=O) groups excluding carboxylic acids is 1. The number of carbonyl (C=O) groups is 1. The second-order valence-electron chi connectivity index (χ2n) is 8.52. The van der Waals surface area contributed by atoms with Crippen molar-refractivity contribution in [2.75, 3.05) is 49.6 Å². The van der Waals surface area contributed by atoms with Gasteiger partial charge in [0.15, 0.2) is 0 Å². The number of piperazine rings is 1. The second kappa shape index (κ2) is 7.82. The van der Waals surface area contributed by atoms with Crippen LogP contribution in [0.25, 0.3) is 0 Å². The third-order valence-corrected chi connectivity index (χ3v) is 6.85. The molecule has 5 nitrogen and oxygen atoms in total. The molecule has 0 unspecified atom stereocenters. The first kappa shape index (κ1) is 19.2. The molecule has 0 bridgehead atoms. The molecule has 2 fully saturated rings. The van der Waals surface area contributed by atoms with Crippen LogP contribution in [-0.2, 0) is 11.2 Å². The fourth-order valence-electron chi connectivity index (χ4n) is 5.25. The normalized spacial score (nSPS) is 23.2. The van der Waals surface area contributed by atoms with Crippen LogP contribution in [0, 0.1) is 11.7 Å². The van der Waals surface area contributed by atoms with Gasteiger partial charge in [0.25, 0.3) is 0 Å². The van der Waals surface area contributed by atoms with Crippen molar-refractivity contribution in [3.8, 4) is 5.75 Å². The molecule has 2 aromatic rings. The zero-order valence-electron chi connectivity index (χ0n) is 17.4. The molecule has 6 heteroatoms. The molecule has 3 aliphatic rings. The van der Waals surface area contributed by atoms with Crippen molar-refractivity contribution in [1.82, 2.24) is 4.90 Å². The number of halogens is 1. The lowest BCUT2D eigenvalue weighted by atomic mass is 9.83. The highest BCUT2D eigenvalue weighted by Crippen LogP contribution is 2.39. The first-order chi connectivity index (χ1) is 14.6. The van der Waals surface area contributed by atoms with Crippen LogP contribution in [0.5, 0.6) is 5.75 Å².